The van der Waals surface area contributed by atoms with Crippen LogP contribution in [0.15, 0.2) is 48.7 Å². The summed E-state index contributed by atoms with van der Waals surface area (Å²) in [6.07, 6.45) is 5.70. The number of hydrogen-bond donors (Lipinski definition) is 2. The molecule has 1 aliphatic rings. The van der Waals surface area contributed by atoms with Crippen molar-refractivity contribution in [1.82, 2.24) is 10.3 Å². The number of methoxy groups -OCH3 is 1. The Balaban J connectivity index is 1.35. The van der Waals surface area contributed by atoms with E-state index in [1.807, 2.05) is 49.5 Å². The van der Waals surface area contributed by atoms with Gasteiger partial charge in [-0.15, -0.1) is 0 Å². The summed E-state index contributed by atoms with van der Waals surface area (Å²) < 4.78 is 5.33. The van der Waals surface area contributed by atoms with E-state index in [-0.39, 0.29) is 11.9 Å². The number of anilines is 1. The van der Waals surface area contributed by atoms with Crippen molar-refractivity contribution in [2.45, 2.75) is 44.7 Å². The second-order valence-electron chi connectivity index (χ2n) is 7.87. The topological polar surface area (TPSA) is 63.2 Å². The molecule has 1 heterocycles. The minimum Gasteiger partial charge on any atom is -0.496 e. The second kappa shape index (κ2) is 8.92. The molecule has 1 aliphatic carbocycles. The number of rotatable bonds is 5. The fraction of sp³-hybridized carbons (Fsp3) is 0.333. The molecule has 5 nitrogen and oxygen atoms in total. The van der Waals surface area contributed by atoms with Gasteiger partial charge in [0.2, 0.25) is 0 Å². The third kappa shape index (κ3) is 4.51. The van der Waals surface area contributed by atoms with Crippen LogP contribution >= 0.6 is 11.6 Å². The Bertz CT molecular complexity index is 1060. The van der Waals surface area contributed by atoms with Crippen molar-refractivity contribution in [2.75, 3.05) is 12.4 Å². The van der Waals surface area contributed by atoms with Gasteiger partial charge in [0.1, 0.15) is 5.75 Å². The summed E-state index contributed by atoms with van der Waals surface area (Å²) in [5.74, 6) is 0.697. The smallest absolute Gasteiger partial charge is 0.251 e. The molecule has 2 N–H and O–H groups in total. The average Bonchev–Trinajstić information content (AvgIpc) is 2.75. The lowest BCUT2D eigenvalue weighted by molar-refractivity contribution is 0.0926. The maximum atomic E-state index is 12.6. The monoisotopic (exact) mass is 423 g/mol. The standard InChI is InChI=1S/C24H26ClN3O2/c1-15-3-4-16(13-23(15)30-2)24(29)28-19-8-6-18(7-9-19)27-21-11-12-26-22-14-17(25)5-10-20(21)22/h3-5,10-14,18-19H,6-9H2,1-2H3,(H,26,27)(H,28,29)/t18-,19+. The van der Waals surface area contributed by atoms with Crippen LogP contribution in [0.25, 0.3) is 10.9 Å². The lowest BCUT2D eigenvalue weighted by Gasteiger charge is -2.30. The van der Waals surface area contributed by atoms with Crippen LogP contribution in [0.4, 0.5) is 5.69 Å². The minimum atomic E-state index is -0.0401. The molecule has 6 heteroatoms. The second-order valence-corrected chi connectivity index (χ2v) is 8.31. The number of carbonyl (C=O) groups is 1. The van der Waals surface area contributed by atoms with Crippen molar-refractivity contribution in [1.29, 1.82) is 0 Å². The van der Waals surface area contributed by atoms with Crippen molar-refractivity contribution >= 4 is 34.1 Å². The van der Waals surface area contributed by atoms with Crippen LogP contribution in [0.5, 0.6) is 5.75 Å². The number of amides is 1. The molecule has 1 saturated carbocycles. The summed E-state index contributed by atoms with van der Waals surface area (Å²) >= 11 is 6.09. The van der Waals surface area contributed by atoms with E-state index in [1.54, 1.807) is 13.2 Å². The van der Waals surface area contributed by atoms with Crippen molar-refractivity contribution < 1.29 is 9.53 Å². The number of aromatic nitrogens is 1. The van der Waals surface area contributed by atoms with Gasteiger partial charge in [0.25, 0.3) is 5.91 Å². The van der Waals surface area contributed by atoms with Crippen LogP contribution in [-0.2, 0) is 0 Å². The largest absolute Gasteiger partial charge is 0.496 e. The van der Waals surface area contributed by atoms with E-state index >= 15 is 0 Å². The molecule has 1 aromatic heterocycles. The Hall–Kier alpha value is -2.79. The summed E-state index contributed by atoms with van der Waals surface area (Å²) in [5.41, 5.74) is 3.63. The Kier molecular flexibility index (Phi) is 6.09. The van der Waals surface area contributed by atoms with E-state index in [0.29, 0.717) is 16.6 Å². The van der Waals surface area contributed by atoms with Gasteiger partial charge in [-0.1, -0.05) is 17.7 Å². The molecule has 0 bridgehead atoms. The molecule has 0 unspecified atom stereocenters. The molecule has 3 aromatic rings. The maximum Gasteiger partial charge on any atom is 0.251 e. The molecule has 0 radical (unpaired) electrons. The number of fused-ring (bicyclic) bond motifs is 1. The van der Waals surface area contributed by atoms with Gasteiger partial charge in [0, 0.05) is 39.9 Å². The fourth-order valence-electron chi connectivity index (χ4n) is 4.08. The third-order valence-electron chi connectivity index (χ3n) is 5.80. The molecule has 0 spiro atoms. The molecule has 1 amide bonds. The van der Waals surface area contributed by atoms with E-state index in [2.05, 4.69) is 15.6 Å². The molecular weight excluding hydrogens is 398 g/mol. The Morgan fingerprint density at radius 3 is 2.60 bits per heavy atom. The molecule has 0 aliphatic heterocycles. The molecular formula is C24H26ClN3O2. The van der Waals surface area contributed by atoms with Gasteiger partial charge < -0.3 is 15.4 Å². The summed E-state index contributed by atoms with van der Waals surface area (Å²) in [6, 6.07) is 13.9. The lowest BCUT2D eigenvalue weighted by atomic mass is 9.90. The van der Waals surface area contributed by atoms with Gasteiger partial charge in [0.05, 0.1) is 12.6 Å². The third-order valence-corrected chi connectivity index (χ3v) is 6.03. The minimum absolute atomic E-state index is 0.0401. The van der Waals surface area contributed by atoms with Crippen LogP contribution in [0, 0.1) is 6.92 Å². The number of nitrogens with one attached hydrogen (secondary N) is 2. The highest BCUT2D eigenvalue weighted by Crippen LogP contribution is 2.28. The number of nitrogens with zero attached hydrogens (tertiary/aromatic N) is 1. The Labute approximate surface area is 181 Å². The van der Waals surface area contributed by atoms with Crippen LogP contribution in [0.2, 0.25) is 5.02 Å². The number of benzene rings is 2. The van der Waals surface area contributed by atoms with Crippen molar-refractivity contribution in [3.05, 3.63) is 64.8 Å². The van der Waals surface area contributed by atoms with Gasteiger partial charge in [-0.05, 0) is 74.6 Å². The average molecular weight is 424 g/mol. The highest BCUT2D eigenvalue weighted by molar-refractivity contribution is 6.31. The molecule has 4 rings (SSSR count). The predicted octanol–water partition coefficient (Wildman–Crippen LogP) is 5.36. The van der Waals surface area contributed by atoms with E-state index in [1.165, 1.54) is 0 Å². The van der Waals surface area contributed by atoms with Crippen molar-refractivity contribution in [3.8, 4) is 5.75 Å². The number of pyridine rings is 1. The number of carbonyl (C=O) groups excluding carboxylic acids is 1. The summed E-state index contributed by atoms with van der Waals surface area (Å²) in [7, 11) is 1.62. The van der Waals surface area contributed by atoms with Gasteiger partial charge in [0.15, 0.2) is 0 Å². The van der Waals surface area contributed by atoms with Crippen LogP contribution in [0.1, 0.15) is 41.6 Å². The first-order valence-corrected chi connectivity index (χ1v) is 10.7. The number of ether oxygens (including phenoxy) is 1. The first kappa shape index (κ1) is 20.5. The highest BCUT2D eigenvalue weighted by Gasteiger charge is 2.23. The first-order valence-electron chi connectivity index (χ1n) is 10.3. The summed E-state index contributed by atoms with van der Waals surface area (Å²) in [6.45, 7) is 1.97. The number of aryl methyl sites for hydroxylation is 1. The van der Waals surface area contributed by atoms with E-state index in [4.69, 9.17) is 16.3 Å². The Morgan fingerprint density at radius 1 is 1.07 bits per heavy atom. The van der Waals surface area contributed by atoms with Gasteiger partial charge >= 0.3 is 0 Å². The van der Waals surface area contributed by atoms with Crippen molar-refractivity contribution in [3.63, 3.8) is 0 Å². The SMILES string of the molecule is COc1cc(C(=O)N[C@H]2CC[C@@H](Nc3ccnc4cc(Cl)ccc34)CC2)ccc1C. The molecule has 1 fully saturated rings. The zero-order valence-electron chi connectivity index (χ0n) is 17.2. The highest BCUT2D eigenvalue weighted by atomic mass is 35.5. The summed E-state index contributed by atoms with van der Waals surface area (Å²) in [4.78, 5) is 17.0. The van der Waals surface area contributed by atoms with Crippen LogP contribution in [0.3, 0.4) is 0 Å². The summed E-state index contributed by atoms with van der Waals surface area (Å²) in [5, 5.41) is 8.60. The van der Waals surface area contributed by atoms with E-state index < -0.39 is 0 Å². The van der Waals surface area contributed by atoms with Crippen LogP contribution < -0.4 is 15.4 Å². The molecule has 2 aromatic carbocycles. The molecule has 156 valence electrons. The van der Waals surface area contributed by atoms with Gasteiger partial charge in [-0.2, -0.15) is 0 Å². The predicted molar refractivity (Wildman–Crippen MR) is 122 cm³/mol. The zero-order chi connectivity index (χ0) is 21.1. The van der Waals surface area contributed by atoms with Crippen LogP contribution in [-0.4, -0.2) is 30.1 Å². The number of halogens is 1. The quantitative estimate of drug-likeness (QED) is 0.580. The lowest BCUT2D eigenvalue weighted by Crippen LogP contribution is -2.40. The van der Waals surface area contributed by atoms with E-state index in [0.717, 1.165) is 53.6 Å². The van der Waals surface area contributed by atoms with Gasteiger partial charge in [-0.25, -0.2) is 0 Å². The molecule has 30 heavy (non-hydrogen) atoms. The molecule has 0 atom stereocenters. The Morgan fingerprint density at radius 2 is 1.83 bits per heavy atom. The molecule has 0 saturated heterocycles. The zero-order valence-corrected chi connectivity index (χ0v) is 18.0. The fourth-order valence-corrected chi connectivity index (χ4v) is 4.25. The van der Waals surface area contributed by atoms with Gasteiger partial charge in [-0.3, -0.25) is 9.78 Å². The number of hydrogen-bond acceptors (Lipinski definition) is 4. The van der Waals surface area contributed by atoms with Crippen molar-refractivity contribution in [2.24, 2.45) is 0 Å². The van der Waals surface area contributed by atoms with E-state index in [9.17, 15) is 4.79 Å². The maximum absolute atomic E-state index is 12.6. The normalized spacial score (nSPS) is 18.8. The first-order chi connectivity index (χ1) is 14.5.